The third-order valence-corrected chi connectivity index (χ3v) is 3.52. The molecule has 0 bridgehead atoms. The van der Waals surface area contributed by atoms with E-state index in [2.05, 4.69) is 5.32 Å². The van der Waals surface area contributed by atoms with Crippen molar-refractivity contribution >= 4 is 5.91 Å². The van der Waals surface area contributed by atoms with Crippen molar-refractivity contribution in [2.24, 2.45) is 0 Å². The second-order valence-corrected chi connectivity index (χ2v) is 4.87. The van der Waals surface area contributed by atoms with Crippen LogP contribution in [0.2, 0.25) is 0 Å². The summed E-state index contributed by atoms with van der Waals surface area (Å²) in [5.74, 6) is -1.06. The summed E-state index contributed by atoms with van der Waals surface area (Å²) in [5, 5.41) is 12.8. The molecule has 1 fully saturated rings. The van der Waals surface area contributed by atoms with E-state index >= 15 is 0 Å². The highest BCUT2D eigenvalue weighted by atomic mass is 19.1. The van der Waals surface area contributed by atoms with Gasteiger partial charge in [-0.3, -0.25) is 4.79 Å². The number of piperidine rings is 1. The molecule has 1 atom stereocenters. The fraction of sp³-hybridized carbons (Fsp3) is 0.500. The van der Waals surface area contributed by atoms with Crippen molar-refractivity contribution in [2.45, 2.75) is 25.3 Å². The molecule has 0 saturated carbocycles. The lowest BCUT2D eigenvalue weighted by Gasteiger charge is -2.35. The van der Waals surface area contributed by atoms with Gasteiger partial charge in [-0.1, -0.05) is 0 Å². The van der Waals surface area contributed by atoms with Crippen molar-refractivity contribution in [3.05, 3.63) is 29.6 Å². The Bertz CT molecular complexity index is 463. The molecular formula is C14H19FN2O2. The van der Waals surface area contributed by atoms with Gasteiger partial charge in [-0.15, -0.1) is 0 Å². The molecule has 0 radical (unpaired) electrons. The van der Waals surface area contributed by atoms with E-state index in [1.54, 1.807) is 4.90 Å². The number of benzene rings is 1. The van der Waals surface area contributed by atoms with Crippen LogP contribution in [0.25, 0.3) is 0 Å². The number of aromatic hydroxyl groups is 1. The summed E-state index contributed by atoms with van der Waals surface area (Å²) in [5.41, 5.74) is 0.171. The van der Waals surface area contributed by atoms with E-state index in [-0.39, 0.29) is 23.3 Å². The minimum atomic E-state index is -0.542. The molecule has 1 aliphatic heterocycles. The lowest BCUT2D eigenvalue weighted by Crippen LogP contribution is -2.48. The van der Waals surface area contributed by atoms with Gasteiger partial charge in [0.1, 0.15) is 11.6 Å². The zero-order valence-electron chi connectivity index (χ0n) is 11.0. The van der Waals surface area contributed by atoms with Gasteiger partial charge >= 0.3 is 0 Å². The van der Waals surface area contributed by atoms with Crippen LogP contribution in [0.3, 0.4) is 0 Å². The van der Waals surface area contributed by atoms with Crippen molar-refractivity contribution in [3.8, 4) is 5.75 Å². The fourth-order valence-corrected chi connectivity index (χ4v) is 2.56. The van der Waals surface area contributed by atoms with Gasteiger partial charge in [0.2, 0.25) is 0 Å². The number of likely N-dealkylation sites (N-methyl/N-ethyl adjacent to an activating group) is 1. The molecule has 1 aliphatic rings. The number of carbonyl (C=O) groups is 1. The summed E-state index contributed by atoms with van der Waals surface area (Å²) in [6.07, 6.45) is 3.02. The number of hydrogen-bond donors (Lipinski definition) is 2. The molecule has 0 aromatic heterocycles. The lowest BCUT2D eigenvalue weighted by atomic mass is 10.0. The Kier molecular flexibility index (Phi) is 4.37. The summed E-state index contributed by atoms with van der Waals surface area (Å²) in [4.78, 5) is 14.2. The van der Waals surface area contributed by atoms with Crippen molar-refractivity contribution in [1.29, 1.82) is 0 Å². The lowest BCUT2D eigenvalue weighted by molar-refractivity contribution is 0.0612. The van der Waals surface area contributed by atoms with E-state index in [0.29, 0.717) is 6.54 Å². The Balaban J connectivity index is 2.21. The van der Waals surface area contributed by atoms with Gasteiger partial charge < -0.3 is 15.3 Å². The molecule has 4 nitrogen and oxygen atoms in total. The van der Waals surface area contributed by atoms with E-state index in [4.69, 9.17) is 0 Å². The number of phenolic OH excluding ortho intramolecular Hbond substituents is 1. The SMILES string of the molecule is CNCC1CCCCN1C(=O)c1ccc(F)cc1O. The minimum Gasteiger partial charge on any atom is -0.507 e. The molecule has 1 saturated heterocycles. The quantitative estimate of drug-likeness (QED) is 0.876. The highest BCUT2D eigenvalue weighted by Crippen LogP contribution is 2.24. The maximum Gasteiger partial charge on any atom is 0.257 e. The Morgan fingerprint density at radius 2 is 2.32 bits per heavy atom. The first kappa shape index (κ1) is 13.8. The maximum atomic E-state index is 13.0. The van der Waals surface area contributed by atoms with Gasteiger partial charge in [0.05, 0.1) is 5.56 Å². The Morgan fingerprint density at radius 3 is 3.00 bits per heavy atom. The normalized spacial score (nSPS) is 19.5. The number of nitrogens with one attached hydrogen (secondary N) is 1. The van der Waals surface area contributed by atoms with E-state index in [1.807, 2.05) is 7.05 Å². The largest absolute Gasteiger partial charge is 0.507 e. The monoisotopic (exact) mass is 266 g/mol. The Labute approximate surface area is 112 Å². The smallest absolute Gasteiger partial charge is 0.257 e. The molecule has 1 aromatic rings. The van der Waals surface area contributed by atoms with E-state index < -0.39 is 5.82 Å². The molecular weight excluding hydrogens is 247 g/mol. The maximum absolute atomic E-state index is 13.0. The molecule has 1 amide bonds. The molecule has 1 unspecified atom stereocenters. The summed E-state index contributed by atoms with van der Waals surface area (Å²) < 4.78 is 13.0. The average Bonchev–Trinajstić information content (AvgIpc) is 2.39. The molecule has 0 aliphatic carbocycles. The zero-order chi connectivity index (χ0) is 13.8. The van der Waals surface area contributed by atoms with E-state index in [0.717, 1.165) is 31.9 Å². The van der Waals surface area contributed by atoms with Crippen LogP contribution in [0, 0.1) is 5.82 Å². The third kappa shape index (κ3) is 3.04. The van der Waals surface area contributed by atoms with Crippen molar-refractivity contribution in [2.75, 3.05) is 20.1 Å². The topological polar surface area (TPSA) is 52.6 Å². The first-order valence-corrected chi connectivity index (χ1v) is 6.57. The summed E-state index contributed by atoms with van der Waals surface area (Å²) in [7, 11) is 1.85. The number of hydrogen-bond acceptors (Lipinski definition) is 3. The second kappa shape index (κ2) is 6.02. The predicted molar refractivity (Wildman–Crippen MR) is 70.7 cm³/mol. The summed E-state index contributed by atoms with van der Waals surface area (Å²) in [6.45, 7) is 1.41. The second-order valence-electron chi connectivity index (χ2n) is 4.87. The fourth-order valence-electron chi connectivity index (χ4n) is 2.56. The molecule has 19 heavy (non-hydrogen) atoms. The van der Waals surface area contributed by atoms with Crippen LogP contribution in [-0.2, 0) is 0 Å². The van der Waals surface area contributed by atoms with Crippen LogP contribution in [0.5, 0.6) is 5.75 Å². The van der Waals surface area contributed by atoms with Crippen LogP contribution >= 0.6 is 0 Å². The van der Waals surface area contributed by atoms with Crippen LogP contribution in [0.4, 0.5) is 4.39 Å². The molecule has 1 aromatic carbocycles. The number of phenols is 1. The minimum absolute atomic E-state index is 0.135. The van der Waals surface area contributed by atoms with Gasteiger partial charge in [-0.2, -0.15) is 0 Å². The Hall–Kier alpha value is -1.62. The number of carbonyl (C=O) groups excluding carboxylic acids is 1. The molecule has 1 heterocycles. The van der Waals surface area contributed by atoms with Crippen LogP contribution in [-0.4, -0.2) is 42.1 Å². The predicted octanol–water partition coefficient (Wildman–Crippen LogP) is 1.75. The van der Waals surface area contributed by atoms with Gasteiger partial charge in [0.15, 0.2) is 0 Å². The average molecular weight is 266 g/mol. The summed E-state index contributed by atoms with van der Waals surface area (Å²) >= 11 is 0. The first-order valence-electron chi connectivity index (χ1n) is 6.57. The highest BCUT2D eigenvalue weighted by molar-refractivity contribution is 5.97. The Morgan fingerprint density at radius 1 is 1.53 bits per heavy atom. The van der Waals surface area contributed by atoms with Crippen molar-refractivity contribution in [3.63, 3.8) is 0 Å². The van der Waals surface area contributed by atoms with Gasteiger partial charge in [0.25, 0.3) is 5.91 Å². The van der Waals surface area contributed by atoms with Crippen LogP contribution in [0.1, 0.15) is 29.6 Å². The third-order valence-electron chi connectivity index (χ3n) is 3.52. The first-order chi connectivity index (χ1) is 9.13. The van der Waals surface area contributed by atoms with Crippen LogP contribution in [0.15, 0.2) is 18.2 Å². The molecule has 104 valence electrons. The van der Waals surface area contributed by atoms with E-state index in [1.165, 1.54) is 12.1 Å². The number of halogens is 1. The molecule has 0 spiro atoms. The highest BCUT2D eigenvalue weighted by Gasteiger charge is 2.28. The standard InChI is InChI=1S/C14H19FN2O2/c1-16-9-11-4-2-3-7-17(11)14(19)12-6-5-10(15)8-13(12)18/h5-6,8,11,16,18H,2-4,7,9H2,1H3. The number of rotatable bonds is 3. The summed E-state index contributed by atoms with van der Waals surface area (Å²) in [6, 6.07) is 3.66. The van der Waals surface area contributed by atoms with Crippen molar-refractivity contribution < 1.29 is 14.3 Å². The van der Waals surface area contributed by atoms with Gasteiger partial charge in [0, 0.05) is 25.2 Å². The van der Waals surface area contributed by atoms with Gasteiger partial charge in [-0.25, -0.2) is 4.39 Å². The molecule has 2 N–H and O–H groups in total. The van der Waals surface area contributed by atoms with E-state index in [9.17, 15) is 14.3 Å². The zero-order valence-corrected chi connectivity index (χ0v) is 11.0. The molecule has 5 heteroatoms. The number of amides is 1. The molecule has 2 rings (SSSR count). The van der Waals surface area contributed by atoms with Crippen molar-refractivity contribution in [1.82, 2.24) is 10.2 Å². The van der Waals surface area contributed by atoms with Gasteiger partial charge in [-0.05, 0) is 38.4 Å². The van der Waals surface area contributed by atoms with Crippen LogP contribution < -0.4 is 5.32 Å². The number of likely N-dealkylation sites (tertiary alicyclic amines) is 1. The number of nitrogens with zero attached hydrogens (tertiary/aromatic N) is 1.